The Bertz CT molecular complexity index is 1480. The Kier molecular flexibility index (Phi) is 7.36. The summed E-state index contributed by atoms with van der Waals surface area (Å²) in [6, 6.07) is 19.2. The molecule has 0 atom stereocenters. The molecule has 0 fully saturated rings. The molecule has 1 aliphatic rings. The molecule has 38 heavy (non-hydrogen) atoms. The van der Waals surface area contributed by atoms with Gasteiger partial charge in [-0.05, 0) is 47.5 Å². The first-order valence-electron chi connectivity index (χ1n) is 11.7. The Balaban J connectivity index is 1.20. The number of aromatic nitrogens is 3. The van der Waals surface area contributed by atoms with Gasteiger partial charge in [0.05, 0.1) is 4.92 Å². The standard InChI is InChI=1S/C27H23N5O5S/c1-2-13-31-25(20-8-10-22(11-9-20)32(34)35)29-30-27(31)38-16-18-3-6-21(7-4-18)26(33)28-15-19-5-12-23-24(14-19)37-17-36-23/h2-12,14H,1,13,15-17H2,(H,28,33). The predicted octanol–water partition coefficient (Wildman–Crippen LogP) is 4.99. The molecule has 2 heterocycles. The minimum atomic E-state index is -0.437. The molecule has 5 rings (SSSR count). The summed E-state index contributed by atoms with van der Waals surface area (Å²) in [5.41, 5.74) is 3.26. The van der Waals surface area contributed by atoms with Gasteiger partial charge in [-0.15, -0.1) is 16.8 Å². The van der Waals surface area contributed by atoms with Crippen LogP contribution in [0.2, 0.25) is 0 Å². The molecule has 11 heteroatoms. The molecule has 0 saturated carbocycles. The van der Waals surface area contributed by atoms with Crippen molar-refractivity contribution in [2.24, 2.45) is 0 Å². The molecule has 1 aromatic heterocycles. The summed E-state index contributed by atoms with van der Waals surface area (Å²) >= 11 is 1.51. The minimum Gasteiger partial charge on any atom is -0.454 e. The normalized spacial score (nSPS) is 11.8. The number of non-ortho nitro benzene ring substituents is 1. The van der Waals surface area contributed by atoms with E-state index in [0.717, 1.165) is 16.7 Å². The number of nitro groups is 1. The maximum absolute atomic E-state index is 12.6. The Morgan fingerprint density at radius 3 is 2.53 bits per heavy atom. The number of hydrogen-bond acceptors (Lipinski definition) is 8. The summed E-state index contributed by atoms with van der Waals surface area (Å²) in [7, 11) is 0. The third kappa shape index (κ3) is 5.52. The van der Waals surface area contributed by atoms with Gasteiger partial charge < -0.3 is 14.8 Å². The highest BCUT2D eigenvalue weighted by molar-refractivity contribution is 7.98. The molecule has 1 amide bonds. The number of carbonyl (C=O) groups excluding carboxylic acids is 1. The van der Waals surface area contributed by atoms with E-state index in [1.54, 1.807) is 30.3 Å². The quantitative estimate of drug-likeness (QED) is 0.132. The van der Waals surface area contributed by atoms with Crippen molar-refractivity contribution in [3.05, 3.63) is 106 Å². The van der Waals surface area contributed by atoms with Crippen LogP contribution in [0.25, 0.3) is 11.4 Å². The molecule has 1 aliphatic heterocycles. The smallest absolute Gasteiger partial charge is 0.269 e. The third-order valence-electron chi connectivity index (χ3n) is 5.84. The van der Waals surface area contributed by atoms with Gasteiger partial charge in [-0.1, -0.05) is 36.0 Å². The summed E-state index contributed by atoms with van der Waals surface area (Å²) in [5, 5.41) is 23.2. The van der Waals surface area contributed by atoms with E-state index in [1.165, 1.54) is 23.9 Å². The largest absolute Gasteiger partial charge is 0.454 e. The van der Waals surface area contributed by atoms with Crippen LogP contribution in [0, 0.1) is 10.1 Å². The lowest BCUT2D eigenvalue weighted by atomic mass is 10.1. The van der Waals surface area contributed by atoms with Gasteiger partial charge in [0.25, 0.3) is 11.6 Å². The lowest BCUT2D eigenvalue weighted by Crippen LogP contribution is -2.22. The number of benzene rings is 3. The molecule has 1 N–H and O–H groups in total. The molecule has 0 aliphatic carbocycles. The number of carbonyl (C=O) groups is 1. The fourth-order valence-corrected chi connectivity index (χ4v) is 4.77. The van der Waals surface area contributed by atoms with Crippen molar-refractivity contribution < 1.29 is 19.2 Å². The number of amides is 1. The summed E-state index contributed by atoms with van der Waals surface area (Å²) in [6.07, 6.45) is 1.75. The number of ether oxygens (including phenoxy) is 2. The van der Waals surface area contributed by atoms with Crippen molar-refractivity contribution in [2.45, 2.75) is 24.0 Å². The van der Waals surface area contributed by atoms with Crippen LogP contribution in [0.15, 0.2) is 84.5 Å². The SMILES string of the molecule is C=CCn1c(SCc2ccc(C(=O)NCc3ccc4c(c3)OCO4)cc2)nnc1-c1ccc([N+](=O)[O-])cc1. The molecule has 192 valence electrons. The van der Waals surface area contributed by atoms with Gasteiger partial charge in [-0.25, -0.2) is 0 Å². The fourth-order valence-electron chi connectivity index (χ4n) is 3.87. The van der Waals surface area contributed by atoms with Crippen LogP contribution in [0.5, 0.6) is 11.5 Å². The number of hydrogen-bond donors (Lipinski definition) is 1. The lowest BCUT2D eigenvalue weighted by molar-refractivity contribution is -0.384. The van der Waals surface area contributed by atoms with Crippen LogP contribution >= 0.6 is 11.8 Å². The average molecular weight is 530 g/mol. The van der Waals surface area contributed by atoms with Crippen molar-refractivity contribution in [3.63, 3.8) is 0 Å². The van der Waals surface area contributed by atoms with Crippen molar-refractivity contribution in [1.82, 2.24) is 20.1 Å². The predicted molar refractivity (Wildman–Crippen MR) is 142 cm³/mol. The average Bonchev–Trinajstić information content (AvgIpc) is 3.58. The maximum Gasteiger partial charge on any atom is 0.269 e. The van der Waals surface area contributed by atoms with Crippen LogP contribution < -0.4 is 14.8 Å². The van der Waals surface area contributed by atoms with E-state index in [9.17, 15) is 14.9 Å². The number of nitrogens with one attached hydrogen (secondary N) is 1. The number of thioether (sulfide) groups is 1. The van der Waals surface area contributed by atoms with Gasteiger partial charge in [-0.2, -0.15) is 0 Å². The Morgan fingerprint density at radius 1 is 1.05 bits per heavy atom. The van der Waals surface area contributed by atoms with Crippen LogP contribution in [0.3, 0.4) is 0 Å². The van der Waals surface area contributed by atoms with Gasteiger partial charge >= 0.3 is 0 Å². The lowest BCUT2D eigenvalue weighted by Gasteiger charge is -2.09. The van der Waals surface area contributed by atoms with Gasteiger partial charge in [0, 0.05) is 42.1 Å². The first-order chi connectivity index (χ1) is 18.5. The Morgan fingerprint density at radius 2 is 1.79 bits per heavy atom. The highest BCUT2D eigenvalue weighted by atomic mass is 32.2. The van der Waals surface area contributed by atoms with Gasteiger partial charge in [0.1, 0.15) is 0 Å². The number of allylic oxidation sites excluding steroid dienone is 1. The summed E-state index contributed by atoms with van der Waals surface area (Å²) in [5.74, 6) is 2.45. The molecular weight excluding hydrogens is 506 g/mol. The molecule has 0 saturated heterocycles. The first-order valence-corrected chi connectivity index (χ1v) is 12.7. The zero-order chi connectivity index (χ0) is 26.5. The van der Waals surface area contributed by atoms with Crippen LogP contribution in [-0.4, -0.2) is 32.4 Å². The van der Waals surface area contributed by atoms with E-state index in [2.05, 4.69) is 22.1 Å². The molecule has 4 aromatic rings. The van der Waals surface area contributed by atoms with Crippen molar-refractivity contribution in [2.75, 3.05) is 6.79 Å². The first kappa shape index (κ1) is 25.0. The van der Waals surface area contributed by atoms with Crippen LogP contribution in [-0.2, 0) is 18.8 Å². The highest BCUT2D eigenvalue weighted by Crippen LogP contribution is 2.32. The van der Waals surface area contributed by atoms with Crippen molar-refractivity contribution in [3.8, 4) is 22.9 Å². The van der Waals surface area contributed by atoms with Gasteiger partial charge in [0.15, 0.2) is 22.5 Å². The molecule has 10 nitrogen and oxygen atoms in total. The topological polar surface area (TPSA) is 121 Å². The van der Waals surface area contributed by atoms with Crippen LogP contribution in [0.4, 0.5) is 5.69 Å². The molecule has 0 radical (unpaired) electrons. The monoisotopic (exact) mass is 529 g/mol. The van der Waals surface area contributed by atoms with E-state index in [-0.39, 0.29) is 18.4 Å². The summed E-state index contributed by atoms with van der Waals surface area (Å²) < 4.78 is 12.6. The Hall–Kier alpha value is -4.64. The fraction of sp³-hybridized carbons (Fsp3) is 0.148. The second-order valence-electron chi connectivity index (χ2n) is 8.37. The van der Waals surface area contributed by atoms with E-state index < -0.39 is 4.92 Å². The van der Waals surface area contributed by atoms with Gasteiger partial charge in [-0.3, -0.25) is 19.5 Å². The minimum absolute atomic E-state index is 0.0168. The van der Waals surface area contributed by atoms with Crippen LogP contribution in [0.1, 0.15) is 21.5 Å². The second kappa shape index (κ2) is 11.2. The molecule has 0 spiro atoms. The third-order valence-corrected chi connectivity index (χ3v) is 6.88. The van der Waals surface area contributed by atoms with Crippen molar-refractivity contribution >= 4 is 23.4 Å². The molecule has 3 aromatic carbocycles. The molecular formula is C27H23N5O5S. The van der Waals surface area contributed by atoms with E-state index in [1.807, 2.05) is 34.9 Å². The van der Waals surface area contributed by atoms with Gasteiger partial charge in [0.2, 0.25) is 6.79 Å². The van der Waals surface area contributed by atoms with E-state index in [4.69, 9.17) is 9.47 Å². The van der Waals surface area contributed by atoms with E-state index >= 15 is 0 Å². The zero-order valence-electron chi connectivity index (χ0n) is 20.2. The second-order valence-corrected chi connectivity index (χ2v) is 9.31. The highest BCUT2D eigenvalue weighted by Gasteiger charge is 2.16. The van der Waals surface area contributed by atoms with E-state index in [0.29, 0.717) is 46.9 Å². The maximum atomic E-state index is 12.6. The summed E-state index contributed by atoms with van der Waals surface area (Å²) in [6.45, 7) is 4.90. The number of rotatable bonds is 10. The zero-order valence-corrected chi connectivity index (χ0v) is 21.0. The Labute approximate surface area is 222 Å². The molecule has 0 bridgehead atoms. The number of nitrogens with zero attached hydrogens (tertiary/aromatic N) is 4. The number of nitro benzene ring substituents is 1. The van der Waals surface area contributed by atoms with Crippen molar-refractivity contribution in [1.29, 1.82) is 0 Å². The summed E-state index contributed by atoms with van der Waals surface area (Å²) in [4.78, 5) is 23.1. The molecule has 0 unspecified atom stereocenters. The number of fused-ring (bicyclic) bond motifs is 1.